The predicted molar refractivity (Wildman–Crippen MR) is 59.6 cm³/mol. The third-order valence-corrected chi connectivity index (χ3v) is 2.35. The van der Waals surface area contributed by atoms with E-state index in [0.29, 0.717) is 16.4 Å². The summed E-state index contributed by atoms with van der Waals surface area (Å²) in [6.45, 7) is 1.78. The molecule has 2 heterocycles. The first kappa shape index (κ1) is 9.93. The van der Waals surface area contributed by atoms with Gasteiger partial charge in [-0.15, -0.1) is 0 Å². The molecule has 2 rings (SSSR count). The van der Waals surface area contributed by atoms with E-state index in [1.165, 1.54) is 0 Å². The number of hydrogen-bond acceptors (Lipinski definition) is 2. The molecule has 76 valence electrons. The van der Waals surface area contributed by atoms with Crippen molar-refractivity contribution in [3.63, 3.8) is 0 Å². The second-order valence-corrected chi connectivity index (χ2v) is 3.59. The van der Waals surface area contributed by atoms with Gasteiger partial charge in [0.15, 0.2) is 0 Å². The monoisotopic (exact) mass is 220 g/mol. The highest BCUT2D eigenvalue weighted by Gasteiger charge is 2.01. The normalized spacial score (nSPS) is 10.3. The summed E-state index contributed by atoms with van der Waals surface area (Å²) in [5.41, 5.74) is 1.38. The highest BCUT2D eigenvalue weighted by atomic mass is 35.5. The standard InChI is InChI=1S/C11H9ClN2O/c1-8-3-2-6-14(11(8)15)9-4-5-10(12)13-7-9/h2-7H,1H3. The average Bonchev–Trinajstić information content (AvgIpc) is 2.24. The molecule has 0 spiro atoms. The molecule has 4 heteroatoms. The lowest BCUT2D eigenvalue weighted by atomic mass is 10.3. The average molecular weight is 221 g/mol. The molecule has 0 amide bonds. The number of rotatable bonds is 1. The van der Waals surface area contributed by atoms with Gasteiger partial charge in [-0.1, -0.05) is 17.7 Å². The first-order valence-corrected chi connectivity index (χ1v) is 4.86. The van der Waals surface area contributed by atoms with Crippen LogP contribution in [0.4, 0.5) is 0 Å². The maximum atomic E-state index is 11.8. The van der Waals surface area contributed by atoms with E-state index in [1.54, 1.807) is 42.1 Å². The lowest BCUT2D eigenvalue weighted by molar-refractivity contribution is 0.960. The van der Waals surface area contributed by atoms with Gasteiger partial charge in [0.25, 0.3) is 5.56 Å². The van der Waals surface area contributed by atoms with Gasteiger partial charge in [0.2, 0.25) is 0 Å². The van der Waals surface area contributed by atoms with Crippen LogP contribution >= 0.6 is 11.6 Å². The molecule has 3 nitrogen and oxygen atoms in total. The van der Waals surface area contributed by atoms with Crippen molar-refractivity contribution in [2.45, 2.75) is 6.92 Å². The molecule has 0 aliphatic heterocycles. The largest absolute Gasteiger partial charge is 0.283 e. The summed E-state index contributed by atoms with van der Waals surface area (Å²) in [6, 6.07) is 7.02. The maximum Gasteiger partial charge on any atom is 0.258 e. The summed E-state index contributed by atoms with van der Waals surface area (Å²) in [4.78, 5) is 15.7. The highest BCUT2D eigenvalue weighted by Crippen LogP contribution is 2.08. The molecule has 15 heavy (non-hydrogen) atoms. The summed E-state index contributed by atoms with van der Waals surface area (Å²) in [7, 11) is 0. The molecule has 0 saturated carbocycles. The van der Waals surface area contributed by atoms with Crippen LogP contribution in [0.2, 0.25) is 5.15 Å². The lowest BCUT2D eigenvalue weighted by Crippen LogP contribution is -2.19. The summed E-state index contributed by atoms with van der Waals surface area (Å²) >= 11 is 5.67. The van der Waals surface area contributed by atoms with Gasteiger partial charge >= 0.3 is 0 Å². The molecule has 0 aliphatic carbocycles. The first-order chi connectivity index (χ1) is 7.18. The summed E-state index contributed by atoms with van der Waals surface area (Å²) < 4.78 is 1.54. The minimum Gasteiger partial charge on any atom is -0.283 e. The molecule has 0 fully saturated rings. The van der Waals surface area contributed by atoms with Crippen LogP contribution in [0.5, 0.6) is 0 Å². The van der Waals surface area contributed by atoms with Gasteiger partial charge in [-0.25, -0.2) is 4.98 Å². The van der Waals surface area contributed by atoms with Crippen LogP contribution in [0.15, 0.2) is 41.5 Å². The highest BCUT2D eigenvalue weighted by molar-refractivity contribution is 6.29. The van der Waals surface area contributed by atoms with Gasteiger partial charge in [-0.2, -0.15) is 0 Å². The van der Waals surface area contributed by atoms with E-state index in [4.69, 9.17) is 11.6 Å². The van der Waals surface area contributed by atoms with E-state index in [-0.39, 0.29) is 5.56 Å². The zero-order valence-corrected chi connectivity index (χ0v) is 8.90. The minimum absolute atomic E-state index is 0.0402. The van der Waals surface area contributed by atoms with Gasteiger partial charge in [-0.3, -0.25) is 9.36 Å². The van der Waals surface area contributed by atoms with Crippen LogP contribution in [0.3, 0.4) is 0 Å². The van der Waals surface area contributed by atoms with E-state index < -0.39 is 0 Å². The Morgan fingerprint density at radius 3 is 2.80 bits per heavy atom. The maximum absolute atomic E-state index is 11.8. The van der Waals surface area contributed by atoms with Crippen LogP contribution in [-0.2, 0) is 0 Å². The minimum atomic E-state index is -0.0402. The molecule has 0 unspecified atom stereocenters. The van der Waals surface area contributed by atoms with E-state index in [1.807, 2.05) is 6.07 Å². The van der Waals surface area contributed by atoms with Crippen molar-refractivity contribution in [3.8, 4) is 5.69 Å². The SMILES string of the molecule is Cc1cccn(-c2ccc(Cl)nc2)c1=O. The molecule has 0 radical (unpaired) electrons. The van der Waals surface area contributed by atoms with Crippen LogP contribution in [0, 0.1) is 6.92 Å². The first-order valence-electron chi connectivity index (χ1n) is 4.49. The lowest BCUT2D eigenvalue weighted by Gasteiger charge is -2.05. The number of aromatic nitrogens is 2. The Morgan fingerprint density at radius 1 is 1.33 bits per heavy atom. The predicted octanol–water partition coefficient (Wildman–Crippen LogP) is 2.19. The van der Waals surface area contributed by atoms with Crippen molar-refractivity contribution < 1.29 is 0 Å². The van der Waals surface area contributed by atoms with Crippen LogP contribution < -0.4 is 5.56 Å². The summed E-state index contributed by atoms with van der Waals surface area (Å²) in [6.07, 6.45) is 3.28. The molecule has 2 aromatic rings. The second-order valence-electron chi connectivity index (χ2n) is 3.21. The second kappa shape index (κ2) is 3.87. The van der Waals surface area contributed by atoms with Crippen molar-refractivity contribution >= 4 is 11.6 Å². The van der Waals surface area contributed by atoms with Crippen molar-refractivity contribution in [2.24, 2.45) is 0 Å². The fourth-order valence-corrected chi connectivity index (χ4v) is 1.43. The van der Waals surface area contributed by atoms with Crippen molar-refractivity contribution in [3.05, 3.63) is 57.7 Å². The molecule has 2 aromatic heterocycles. The molecule has 0 aliphatic rings. The van der Waals surface area contributed by atoms with Crippen LogP contribution in [0.25, 0.3) is 5.69 Å². The molecule has 0 aromatic carbocycles. The quantitative estimate of drug-likeness (QED) is 0.691. The van der Waals surface area contributed by atoms with E-state index in [9.17, 15) is 4.79 Å². The molecule has 0 saturated heterocycles. The van der Waals surface area contributed by atoms with E-state index >= 15 is 0 Å². The fourth-order valence-electron chi connectivity index (χ4n) is 1.32. The molecular formula is C11H9ClN2O. The van der Waals surface area contributed by atoms with Crippen LogP contribution in [0.1, 0.15) is 5.56 Å². The van der Waals surface area contributed by atoms with Gasteiger partial charge < -0.3 is 0 Å². The number of aryl methyl sites for hydroxylation is 1. The van der Waals surface area contributed by atoms with Gasteiger partial charge in [0, 0.05) is 11.8 Å². The Bertz CT molecular complexity index is 531. The van der Waals surface area contributed by atoms with Crippen molar-refractivity contribution in [2.75, 3.05) is 0 Å². The number of pyridine rings is 2. The van der Waals surface area contributed by atoms with E-state index in [0.717, 1.165) is 0 Å². The van der Waals surface area contributed by atoms with Gasteiger partial charge in [-0.05, 0) is 25.1 Å². The fraction of sp³-hybridized carbons (Fsp3) is 0.0909. The van der Waals surface area contributed by atoms with E-state index in [2.05, 4.69) is 4.98 Å². The summed E-state index contributed by atoms with van der Waals surface area (Å²) in [5, 5.41) is 0.416. The Labute approximate surface area is 92.0 Å². The van der Waals surface area contributed by atoms with Gasteiger partial charge in [0.1, 0.15) is 5.15 Å². The number of hydrogen-bond donors (Lipinski definition) is 0. The third kappa shape index (κ3) is 1.92. The van der Waals surface area contributed by atoms with Crippen LogP contribution in [-0.4, -0.2) is 9.55 Å². The Kier molecular flexibility index (Phi) is 2.56. The Morgan fingerprint density at radius 2 is 2.13 bits per heavy atom. The molecular weight excluding hydrogens is 212 g/mol. The Balaban J connectivity index is 2.59. The van der Waals surface area contributed by atoms with Crippen molar-refractivity contribution in [1.29, 1.82) is 0 Å². The summed E-state index contributed by atoms with van der Waals surface area (Å²) in [5.74, 6) is 0. The third-order valence-electron chi connectivity index (χ3n) is 2.13. The van der Waals surface area contributed by atoms with Crippen molar-refractivity contribution in [1.82, 2.24) is 9.55 Å². The topological polar surface area (TPSA) is 34.9 Å². The zero-order chi connectivity index (χ0) is 10.8. The number of halogens is 1. The zero-order valence-electron chi connectivity index (χ0n) is 8.14. The smallest absolute Gasteiger partial charge is 0.258 e. The molecule has 0 N–H and O–H groups in total. The van der Waals surface area contributed by atoms with Gasteiger partial charge in [0.05, 0.1) is 11.9 Å². The Hall–Kier alpha value is -1.61. The number of nitrogens with zero attached hydrogens (tertiary/aromatic N) is 2. The molecule has 0 bridgehead atoms. The molecule has 0 atom stereocenters.